The fourth-order valence-corrected chi connectivity index (χ4v) is 2.78. The van der Waals surface area contributed by atoms with Gasteiger partial charge in [0.15, 0.2) is 0 Å². The van der Waals surface area contributed by atoms with E-state index in [1.807, 2.05) is 0 Å². The maximum absolute atomic E-state index is 13.2. The lowest BCUT2D eigenvalue weighted by Gasteiger charge is -2.43. The van der Waals surface area contributed by atoms with Crippen molar-refractivity contribution in [3.05, 3.63) is 35.6 Å². The van der Waals surface area contributed by atoms with Gasteiger partial charge in [-0.1, -0.05) is 12.1 Å². The first-order valence-electron chi connectivity index (χ1n) is 6.70. The molecule has 2 amide bonds. The van der Waals surface area contributed by atoms with Crippen molar-refractivity contribution in [2.45, 2.75) is 12.6 Å². The summed E-state index contributed by atoms with van der Waals surface area (Å²) in [6.07, 6.45) is 0. The molecule has 2 aliphatic rings. The van der Waals surface area contributed by atoms with E-state index in [9.17, 15) is 14.0 Å². The van der Waals surface area contributed by atoms with Crippen LogP contribution in [0.2, 0.25) is 0 Å². The maximum atomic E-state index is 13.2. The van der Waals surface area contributed by atoms with Gasteiger partial charge < -0.3 is 15.1 Å². The molecular weight excluding hydrogens is 261 g/mol. The number of fused-ring (bicyclic) bond motifs is 1. The van der Waals surface area contributed by atoms with E-state index in [0.717, 1.165) is 6.54 Å². The third-order valence-electron chi connectivity index (χ3n) is 3.77. The second-order valence-corrected chi connectivity index (χ2v) is 5.17. The minimum atomic E-state index is -0.493. The van der Waals surface area contributed by atoms with Crippen LogP contribution in [0.15, 0.2) is 24.3 Å². The molecule has 2 saturated heterocycles. The van der Waals surface area contributed by atoms with Crippen molar-refractivity contribution < 1.29 is 14.0 Å². The molecule has 1 unspecified atom stereocenters. The van der Waals surface area contributed by atoms with Crippen LogP contribution in [0.1, 0.15) is 5.56 Å². The largest absolute Gasteiger partial charge is 0.328 e. The first-order valence-corrected chi connectivity index (χ1v) is 6.70. The molecule has 5 nitrogen and oxygen atoms in total. The van der Waals surface area contributed by atoms with E-state index in [1.54, 1.807) is 17.0 Å². The third kappa shape index (κ3) is 2.38. The number of hydrogen-bond donors (Lipinski definition) is 1. The molecule has 0 bridgehead atoms. The predicted octanol–water partition coefficient (Wildman–Crippen LogP) is -0.0317. The number of benzene rings is 1. The lowest BCUT2D eigenvalue weighted by molar-refractivity contribution is -0.160. The molecule has 106 valence electrons. The molecule has 2 fully saturated rings. The molecule has 6 heteroatoms. The second kappa shape index (κ2) is 5.20. The lowest BCUT2D eigenvalue weighted by Crippen LogP contribution is -2.65. The fraction of sp³-hybridized carbons (Fsp3) is 0.429. The Morgan fingerprint density at radius 3 is 2.95 bits per heavy atom. The molecule has 0 aliphatic carbocycles. The van der Waals surface area contributed by atoms with Gasteiger partial charge in [-0.15, -0.1) is 0 Å². The van der Waals surface area contributed by atoms with E-state index < -0.39 is 11.8 Å². The molecule has 0 radical (unpaired) electrons. The minimum Gasteiger partial charge on any atom is -0.328 e. The summed E-state index contributed by atoms with van der Waals surface area (Å²) < 4.78 is 13.2. The van der Waals surface area contributed by atoms with Crippen molar-refractivity contribution in [1.29, 1.82) is 0 Å². The molecule has 1 N–H and O–H groups in total. The Morgan fingerprint density at radius 1 is 1.30 bits per heavy atom. The highest BCUT2D eigenvalue weighted by atomic mass is 19.1. The van der Waals surface area contributed by atoms with Crippen LogP contribution in [0, 0.1) is 5.82 Å². The number of carbonyl (C=O) groups is 2. The predicted molar refractivity (Wildman–Crippen MR) is 70.2 cm³/mol. The number of nitrogens with one attached hydrogen (secondary N) is 1. The van der Waals surface area contributed by atoms with Crippen molar-refractivity contribution in [2.24, 2.45) is 0 Å². The maximum Gasteiger partial charge on any atom is 0.312 e. The number of nitrogens with zero attached hydrogens (tertiary/aromatic N) is 2. The highest BCUT2D eigenvalue weighted by molar-refractivity contribution is 6.35. The quantitative estimate of drug-likeness (QED) is 0.772. The van der Waals surface area contributed by atoms with Crippen LogP contribution < -0.4 is 5.32 Å². The van der Waals surface area contributed by atoms with Crippen LogP contribution in [0.25, 0.3) is 0 Å². The summed E-state index contributed by atoms with van der Waals surface area (Å²) in [5.41, 5.74) is 0.698. The van der Waals surface area contributed by atoms with Crippen molar-refractivity contribution >= 4 is 11.8 Å². The average Bonchev–Trinajstić information content (AvgIpc) is 2.45. The zero-order valence-corrected chi connectivity index (χ0v) is 11.0. The third-order valence-corrected chi connectivity index (χ3v) is 3.77. The molecule has 1 aromatic rings. The van der Waals surface area contributed by atoms with Crippen molar-refractivity contribution in [3.63, 3.8) is 0 Å². The Kier molecular flexibility index (Phi) is 3.40. The van der Waals surface area contributed by atoms with E-state index in [0.29, 0.717) is 25.2 Å². The summed E-state index contributed by atoms with van der Waals surface area (Å²) in [6, 6.07) is 6.13. The van der Waals surface area contributed by atoms with E-state index in [-0.39, 0.29) is 18.4 Å². The van der Waals surface area contributed by atoms with Gasteiger partial charge >= 0.3 is 11.8 Å². The summed E-state index contributed by atoms with van der Waals surface area (Å²) in [4.78, 5) is 27.3. The minimum absolute atomic E-state index is 0.0162. The lowest BCUT2D eigenvalue weighted by atomic mass is 10.1. The van der Waals surface area contributed by atoms with Gasteiger partial charge in [0.2, 0.25) is 0 Å². The van der Waals surface area contributed by atoms with Crippen LogP contribution in [0.3, 0.4) is 0 Å². The second-order valence-electron chi connectivity index (χ2n) is 5.17. The fourth-order valence-electron chi connectivity index (χ4n) is 2.78. The van der Waals surface area contributed by atoms with E-state index in [4.69, 9.17) is 0 Å². The number of rotatable bonds is 2. The van der Waals surface area contributed by atoms with E-state index in [2.05, 4.69) is 5.32 Å². The molecule has 3 rings (SSSR count). The molecule has 0 aromatic heterocycles. The molecule has 0 saturated carbocycles. The van der Waals surface area contributed by atoms with Gasteiger partial charge in [0, 0.05) is 32.7 Å². The monoisotopic (exact) mass is 277 g/mol. The van der Waals surface area contributed by atoms with Gasteiger partial charge in [-0.3, -0.25) is 9.59 Å². The number of carbonyl (C=O) groups excluding carboxylic acids is 2. The summed E-state index contributed by atoms with van der Waals surface area (Å²) in [7, 11) is 0. The first-order chi connectivity index (χ1) is 9.65. The van der Waals surface area contributed by atoms with Crippen LogP contribution in [-0.4, -0.2) is 53.8 Å². The summed E-state index contributed by atoms with van der Waals surface area (Å²) in [5.74, 6) is -1.27. The highest BCUT2D eigenvalue weighted by Gasteiger charge is 2.39. The zero-order chi connectivity index (χ0) is 14.1. The van der Waals surface area contributed by atoms with Gasteiger partial charge in [0.05, 0.1) is 6.04 Å². The van der Waals surface area contributed by atoms with Gasteiger partial charge in [-0.2, -0.15) is 0 Å². The number of amides is 2. The van der Waals surface area contributed by atoms with Crippen LogP contribution in [0.5, 0.6) is 0 Å². The molecule has 2 heterocycles. The zero-order valence-electron chi connectivity index (χ0n) is 11.0. The number of piperazine rings is 2. The number of halogens is 1. The van der Waals surface area contributed by atoms with E-state index >= 15 is 0 Å². The molecule has 0 spiro atoms. The molecule has 2 aliphatic heterocycles. The van der Waals surface area contributed by atoms with Crippen LogP contribution >= 0.6 is 0 Å². The number of hydrogen-bond acceptors (Lipinski definition) is 3. The Morgan fingerprint density at radius 2 is 2.15 bits per heavy atom. The van der Waals surface area contributed by atoms with Gasteiger partial charge in [0.25, 0.3) is 0 Å². The first kappa shape index (κ1) is 13.1. The Labute approximate surface area is 116 Å². The molecule has 20 heavy (non-hydrogen) atoms. The Balaban J connectivity index is 1.76. The Hall–Kier alpha value is -1.95. The summed E-state index contributed by atoms with van der Waals surface area (Å²) in [6.45, 7) is 2.75. The van der Waals surface area contributed by atoms with E-state index in [1.165, 1.54) is 17.0 Å². The molecule has 1 aromatic carbocycles. The van der Waals surface area contributed by atoms with Crippen LogP contribution in [0.4, 0.5) is 4.39 Å². The average molecular weight is 277 g/mol. The van der Waals surface area contributed by atoms with Gasteiger partial charge in [-0.25, -0.2) is 4.39 Å². The molecular formula is C14H16FN3O2. The standard InChI is InChI=1S/C14H16FN3O2/c15-11-3-1-2-10(6-11)8-17-9-12-7-16-4-5-18(12)14(20)13(17)19/h1-3,6,12,16H,4-5,7-9H2. The normalized spacial score (nSPS) is 22.9. The SMILES string of the molecule is O=C1C(=O)N2CCNCC2CN1Cc1cccc(F)c1. The summed E-state index contributed by atoms with van der Waals surface area (Å²) in [5, 5.41) is 3.22. The van der Waals surface area contributed by atoms with Gasteiger partial charge in [0.1, 0.15) is 5.82 Å². The van der Waals surface area contributed by atoms with Crippen LogP contribution in [-0.2, 0) is 16.1 Å². The Bertz CT molecular complexity index is 549. The van der Waals surface area contributed by atoms with Crippen molar-refractivity contribution in [1.82, 2.24) is 15.1 Å². The topological polar surface area (TPSA) is 52.7 Å². The summed E-state index contributed by atoms with van der Waals surface area (Å²) >= 11 is 0. The highest BCUT2D eigenvalue weighted by Crippen LogP contribution is 2.17. The van der Waals surface area contributed by atoms with Gasteiger partial charge in [-0.05, 0) is 17.7 Å². The smallest absolute Gasteiger partial charge is 0.312 e. The molecule has 1 atom stereocenters. The van der Waals surface area contributed by atoms with Crippen molar-refractivity contribution in [2.75, 3.05) is 26.2 Å². The van der Waals surface area contributed by atoms with Crippen molar-refractivity contribution in [3.8, 4) is 0 Å².